The molecule has 4 heteroatoms. The summed E-state index contributed by atoms with van der Waals surface area (Å²) in [7, 11) is 1.94. The van der Waals surface area contributed by atoms with E-state index >= 15 is 0 Å². The summed E-state index contributed by atoms with van der Waals surface area (Å²) in [4.78, 5) is 5.76. The van der Waals surface area contributed by atoms with Gasteiger partial charge in [0.05, 0.1) is 0 Å². The molecule has 0 radical (unpaired) electrons. The van der Waals surface area contributed by atoms with Gasteiger partial charge in [0.25, 0.3) is 0 Å². The van der Waals surface area contributed by atoms with Crippen LogP contribution in [0.25, 0.3) is 0 Å². The molecule has 0 amide bonds. The van der Waals surface area contributed by atoms with Crippen LogP contribution >= 0.6 is 11.8 Å². The highest BCUT2D eigenvalue weighted by Crippen LogP contribution is 2.12. The number of aryl methyl sites for hydroxylation is 1. The fourth-order valence-corrected chi connectivity index (χ4v) is 1.95. The number of thioether (sulfide) groups is 1. The van der Waals surface area contributed by atoms with Crippen LogP contribution in [0.15, 0.2) is 29.3 Å². The average molecular weight is 233 g/mol. The van der Waals surface area contributed by atoms with E-state index in [0.717, 1.165) is 11.7 Å². The van der Waals surface area contributed by atoms with Gasteiger partial charge in [-0.1, -0.05) is 36.0 Å². The maximum Gasteiger partial charge on any atom is 0.208 e. The van der Waals surface area contributed by atoms with Gasteiger partial charge in [-0.3, -0.25) is 0 Å². The summed E-state index contributed by atoms with van der Waals surface area (Å²) in [5, 5.41) is 9.30. The lowest BCUT2D eigenvalue weighted by atomic mass is 10.1. The Morgan fingerprint density at radius 1 is 1.50 bits per heavy atom. The topological polar surface area (TPSA) is 39.4 Å². The Hall–Kier alpha value is -1.47. The second-order valence-electron chi connectivity index (χ2n) is 3.48. The van der Waals surface area contributed by atoms with Gasteiger partial charge in [-0.25, -0.2) is 0 Å². The quantitative estimate of drug-likeness (QED) is 0.448. The minimum atomic E-state index is 0.741. The largest absolute Gasteiger partial charge is 0.349 e. The highest BCUT2D eigenvalue weighted by atomic mass is 32.2. The molecule has 3 nitrogen and oxygen atoms in total. The fourth-order valence-electron chi connectivity index (χ4n) is 1.44. The summed E-state index contributed by atoms with van der Waals surface area (Å²) in [5.74, 6) is 0. The van der Waals surface area contributed by atoms with E-state index in [0.29, 0.717) is 0 Å². The molecule has 16 heavy (non-hydrogen) atoms. The molecule has 0 fully saturated rings. The molecule has 0 aliphatic carbocycles. The van der Waals surface area contributed by atoms with E-state index in [2.05, 4.69) is 24.0 Å². The van der Waals surface area contributed by atoms with E-state index in [9.17, 15) is 0 Å². The molecule has 0 bridgehead atoms. The van der Waals surface area contributed by atoms with Crippen LogP contribution in [-0.2, 0) is 6.54 Å². The van der Waals surface area contributed by atoms with Crippen LogP contribution in [0, 0.1) is 18.4 Å². The van der Waals surface area contributed by atoms with Gasteiger partial charge in [-0.2, -0.15) is 5.26 Å². The zero-order chi connectivity index (χ0) is 12.0. The zero-order valence-corrected chi connectivity index (χ0v) is 10.6. The summed E-state index contributed by atoms with van der Waals surface area (Å²) < 4.78 is 0. The van der Waals surface area contributed by atoms with Gasteiger partial charge in [0.15, 0.2) is 5.17 Å². The number of rotatable bonds is 2. The predicted octanol–water partition coefficient (Wildman–Crippen LogP) is 2.63. The molecule has 0 spiro atoms. The molecule has 0 saturated heterocycles. The maximum atomic E-state index is 8.56. The van der Waals surface area contributed by atoms with Gasteiger partial charge in [-0.15, -0.1) is 4.99 Å². The third-order valence-corrected chi connectivity index (χ3v) is 3.09. The third kappa shape index (κ3) is 3.28. The second kappa shape index (κ2) is 6.19. The molecule has 0 unspecified atom stereocenters. The van der Waals surface area contributed by atoms with Crippen molar-refractivity contribution in [1.29, 1.82) is 5.26 Å². The molecule has 0 heterocycles. The van der Waals surface area contributed by atoms with Crippen LogP contribution in [0.2, 0.25) is 0 Å². The average Bonchev–Trinajstić information content (AvgIpc) is 2.29. The molecule has 0 aliphatic rings. The molecular formula is C12H15N3S. The van der Waals surface area contributed by atoms with Crippen molar-refractivity contribution in [3.05, 3.63) is 35.4 Å². The lowest BCUT2D eigenvalue weighted by Crippen LogP contribution is -2.23. The Morgan fingerprint density at radius 3 is 2.75 bits per heavy atom. The maximum absolute atomic E-state index is 8.56. The van der Waals surface area contributed by atoms with Crippen LogP contribution in [-0.4, -0.2) is 23.4 Å². The fraction of sp³-hybridized carbons (Fsp3) is 0.333. The third-order valence-electron chi connectivity index (χ3n) is 2.32. The first kappa shape index (κ1) is 12.6. The minimum absolute atomic E-state index is 0.741. The molecule has 84 valence electrons. The Bertz CT molecular complexity index is 421. The van der Waals surface area contributed by atoms with Crippen molar-refractivity contribution in [2.75, 3.05) is 13.3 Å². The van der Waals surface area contributed by atoms with E-state index in [-0.39, 0.29) is 0 Å². The van der Waals surface area contributed by atoms with Gasteiger partial charge >= 0.3 is 0 Å². The number of hydrogen-bond donors (Lipinski definition) is 0. The number of nitrogens with zero attached hydrogens (tertiary/aromatic N) is 3. The van der Waals surface area contributed by atoms with Crippen LogP contribution in [0.1, 0.15) is 11.1 Å². The summed E-state index contributed by atoms with van der Waals surface area (Å²) >= 11 is 1.48. The highest BCUT2D eigenvalue weighted by molar-refractivity contribution is 8.13. The lowest BCUT2D eigenvalue weighted by Gasteiger charge is -2.19. The minimum Gasteiger partial charge on any atom is -0.349 e. The molecular weight excluding hydrogens is 218 g/mol. The highest BCUT2D eigenvalue weighted by Gasteiger charge is 2.07. The Morgan fingerprint density at radius 2 is 2.19 bits per heavy atom. The first-order valence-corrected chi connectivity index (χ1v) is 6.18. The molecule has 1 aromatic carbocycles. The Labute approximate surface area is 101 Å². The van der Waals surface area contributed by atoms with Crippen molar-refractivity contribution in [2.45, 2.75) is 13.5 Å². The standard InChI is InChI=1S/C12H15N3S/c1-10-6-4-5-7-11(10)8-15(2)12(16-3)14-9-13/h4-7H,8H2,1-3H3. The van der Waals surface area contributed by atoms with E-state index in [4.69, 9.17) is 5.26 Å². The summed E-state index contributed by atoms with van der Waals surface area (Å²) in [6.07, 6.45) is 3.75. The second-order valence-corrected chi connectivity index (χ2v) is 4.25. The predicted molar refractivity (Wildman–Crippen MR) is 69.2 cm³/mol. The normalized spacial score (nSPS) is 11.0. The van der Waals surface area contributed by atoms with Gasteiger partial charge in [0, 0.05) is 13.6 Å². The molecule has 0 N–H and O–H groups in total. The zero-order valence-electron chi connectivity index (χ0n) is 9.77. The SMILES string of the molecule is CSC(=NC#N)N(C)Cc1ccccc1C. The molecule has 1 aromatic rings. The summed E-state index contributed by atoms with van der Waals surface area (Å²) in [6.45, 7) is 2.86. The first-order valence-electron chi connectivity index (χ1n) is 4.95. The number of amidine groups is 1. The van der Waals surface area contributed by atoms with E-state index in [1.165, 1.54) is 22.9 Å². The summed E-state index contributed by atoms with van der Waals surface area (Å²) in [6, 6.07) is 8.23. The smallest absolute Gasteiger partial charge is 0.208 e. The number of hydrogen-bond acceptors (Lipinski definition) is 3. The number of benzene rings is 1. The van der Waals surface area contributed by atoms with Gasteiger partial charge in [-0.05, 0) is 24.3 Å². The van der Waals surface area contributed by atoms with Crippen molar-refractivity contribution in [3.8, 4) is 6.19 Å². The van der Waals surface area contributed by atoms with Gasteiger partial charge < -0.3 is 4.90 Å². The van der Waals surface area contributed by atoms with E-state index in [1.807, 2.05) is 36.5 Å². The van der Waals surface area contributed by atoms with Crippen molar-refractivity contribution in [1.82, 2.24) is 4.90 Å². The molecule has 1 rings (SSSR count). The monoisotopic (exact) mass is 233 g/mol. The van der Waals surface area contributed by atoms with E-state index < -0.39 is 0 Å². The van der Waals surface area contributed by atoms with Crippen LogP contribution in [0.3, 0.4) is 0 Å². The molecule has 0 atom stereocenters. The number of nitriles is 1. The number of aliphatic imine (C=N–C) groups is 1. The molecule has 0 aromatic heterocycles. The lowest BCUT2D eigenvalue weighted by molar-refractivity contribution is 0.509. The first-order chi connectivity index (χ1) is 7.69. The Kier molecular flexibility index (Phi) is 4.87. The van der Waals surface area contributed by atoms with Crippen LogP contribution in [0.4, 0.5) is 0 Å². The summed E-state index contributed by atoms with van der Waals surface area (Å²) in [5.41, 5.74) is 2.51. The van der Waals surface area contributed by atoms with Crippen molar-refractivity contribution >= 4 is 16.9 Å². The van der Waals surface area contributed by atoms with Crippen molar-refractivity contribution in [3.63, 3.8) is 0 Å². The Balaban J connectivity index is 2.79. The van der Waals surface area contributed by atoms with Crippen LogP contribution < -0.4 is 0 Å². The van der Waals surface area contributed by atoms with Gasteiger partial charge in [0.1, 0.15) is 0 Å². The molecule has 0 aliphatic heterocycles. The van der Waals surface area contributed by atoms with Crippen molar-refractivity contribution in [2.24, 2.45) is 4.99 Å². The molecule has 0 saturated carbocycles. The van der Waals surface area contributed by atoms with E-state index in [1.54, 1.807) is 0 Å². The van der Waals surface area contributed by atoms with Crippen LogP contribution in [0.5, 0.6) is 0 Å². The van der Waals surface area contributed by atoms with Crippen molar-refractivity contribution < 1.29 is 0 Å². The van der Waals surface area contributed by atoms with Gasteiger partial charge in [0.2, 0.25) is 6.19 Å².